The minimum atomic E-state index is -4.14. The maximum absolute atomic E-state index is 13.1. The van der Waals surface area contributed by atoms with Gasteiger partial charge in [-0.3, -0.25) is 4.79 Å². The van der Waals surface area contributed by atoms with E-state index in [-0.39, 0.29) is 29.7 Å². The van der Waals surface area contributed by atoms with Crippen LogP contribution in [0.25, 0.3) is 0 Å². The van der Waals surface area contributed by atoms with E-state index in [1.807, 2.05) is 0 Å². The van der Waals surface area contributed by atoms with Gasteiger partial charge in [0.1, 0.15) is 22.2 Å². The van der Waals surface area contributed by atoms with Crippen molar-refractivity contribution in [3.63, 3.8) is 0 Å². The van der Waals surface area contributed by atoms with Crippen molar-refractivity contribution in [3.8, 4) is 11.5 Å². The molecular weight excluding hydrogens is 485 g/mol. The van der Waals surface area contributed by atoms with Crippen molar-refractivity contribution < 1.29 is 31.3 Å². The molecule has 0 aliphatic rings. The zero-order valence-electron chi connectivity index (χ0n) is 18.3. The number of halogens is 2. The number of benzene rings is 3. The van der Waals surface area contributed by atoms with Crippen LogP contribution in [0.15, 0.2) is 77.7 Å². The number of methoxy groups -OCH3 is 1. The molecule has 0 heterocycles. The molecule has 0 atom stereocenters. The summed E-state index contributed by atoms with van der Waals surface area (Å²) in [5, 5.41) is 0.559. The van der Waals surface area contributed by atoms with Crippen molar-refractivity contribution in [3.05, 3.63) is 89.2 Å². The number of hydrogen-bond donors (Lipinski definition) is 0. The first kappa shape index (κ1) is 25.5. The highest BCUT2D eigenvalue weighted by Crippen LogP contribution is 2.21. The summed E-state index contributed by atoms with van der Waals surface area (Å²) in [4.78, 5) is 14.1. The normalized spacial score (nSPS) is 11.1. The highest BCUT2D eigenvalue weighted by atomic mass is 35.5. The van der Waals surface area contributed by atoms with Gasteiger partial charge in [-0.15, -0.1) is 0 Å². The third-order valence-electron chi connectivity index (χ3n) is 4.67. The molecule has 34 heavy (non-hydrogen) atoms. The van der Waals surface area contributed by atoms with E-state index in [0.29, 0.717) is 29.5 Å². The fraction of sp³-hybridized carbons (Fsp3) is 0.208. The third kappa shape index (κ3) is 7.44. The number of carbonyl (C=O) groups excluding carboxylic acids is 1. The summed E-state index contributed by atoms with van der Waals surface area (Å²) >= 11 is 5.86. The summed E-state index contributed by atoms with van der Waals surface area (Å²) in [6, 6.07) is 17.3. The van der Waals surface area contributed by atoms with Crippen LogP contribution >= 0.6 is 11.6 Å². The van der Waals surface area contributed by atoms with E-state index in [2.05, 4.69) is 0 Å². The van der Waals surface area contributed by atoms with Gasteiger partial charge in [0.2, 0.25) is 0 Å². The maximum Gasteiger partial charge on any atom is 0.339 e. The Morgan fingerprint density at radius 3 is 2.38 bits per heavy atom. The Kier molecular flexibility index (Phi) is 8.86. The van der Waals surface area contributed by atoms with Crippen molar-refractivity contribution >= 4 is 27.6 Å². The Morgan fingerprint density at radius 1 is 1.00 bits per heavy atom. The molecule has 0 aliphatic carbocycles. The van der Waals surface area contributed by atoms with Crippen LogP contribution in [0.4, 0.5) is 4.39 Å². The number of amides is 1. The quantitative estimate of drug-likeness (QED) is 0.360. The minimum absolute atomic E-state index is 0.0679. The molecule has 0 radical (unpaired) electrons. The molecule has 0 N–H and O–H groups in total. The molecule has 180 valence electrons. The second-order valence-corrected chi connectivity index (χ2v) is 9.17. The highest BCUT2D eigenvalue weighted by molar-refractivity contribution is 7.87. The van der Waals surface area contributed by atoms with Crippen LogP contribution in [0.5, 0.6) is 11.5 Å². The molecule has 3 aromatic rings. The SMILES string of the molecule is COCCN(Cc1cccc(OS(=O)(=O)c2ccc(F)cc2)c1)C(=O)COc1ccc(Cl)cc1. The van der Waals surface area contributed by atoms with Crippen LogP contribution in [0.1, 0.15) is 5.56 Å². The van der Waals surface area contributed by atoms with Crippen LogP contribution in [0.2, 0.25) is 5.02 Å². The maximum atomic E-state index is 13.1. The Labute approximate surface area is 202 Å². The van der Waals surface area contributed by atoms with Crippen LogP contribution in [-0.4, -0.2) is 46.1 Å². The monoisotopic (exact) mass is 507 g/mol. The highest BCUT2D eigenvalue weighted by Gasteiger charge is 2.18. The Bertz CT molecular complexity index is 1200. The lowest BCUT2D eigenvalue weighted by atomic mass is 10.2. The van der Waals surface area contributed by atoms with E-state index in [1.54, 1.807) is 36.4 Å². The molecular formula is C24H23ClFNO6S. The average molecular weight is 508 g/mol. The molecule has 0 aromatic heterocycles. The molecule has 0 spiro atoms. The largest absolute Gasteiger partial charge is 0.484 e. The van der Waals surface area contributed by atoms with Crippen molar-refractivity contribution in [1.82, 2.24) is 4.90 Å². The standard InChI is InChI=1S/C24H23ClFNO6S/c1-31-14-13-27(24(28)17-32-21-9-5-19(25)6-10-21)16-18-3-2-4-22(15-18)33-34(29,30)23-11-7-20(26)8-12-23/h2-12,15H,13-14,16-17H2,1H3. The molecule has 0 bridgehead atoms. The van der Waals surface area contributed by atoms with Gasteiger partial charge in [-0.1, -0.05) is 23.7 Å². The van der Waals surface area contributed by atoms with Crippen LogP contribution in [0, 0.1) is 5.82 Å². The lowest BCUT2D eigenvalue weighted by Crippen LogP contribution is -2.36. The average Bonchev–Trinajstić information content (AvgIpc) is 2.81. The third-order valence-corrected chi connectivity index (χ3v) is 6.19. The second-order valence-electron chi connectivity index (χ2n) is 7.19. The zero-order chi connectivity index (χ0) is 24.6. The molecule has 0 fully saturated rings. The number of ether oxygens (including phenoxy) is 2. The fourth-order valence-electron chi connectivity index (χ4n) is 2.95. The van der Waals surface area contributed by atoms with Gasteiger partial charge in [0.25, 0.3) is 5.91 Å². The van der Waals surface area contributed by atoms with Crippen molar-refractivity contribution in [2.45, 2.75) is 11.4 Å². The molecule has 0 saturated carbocycles. The number of nitrogens with zero attached hydrogens (tertiary/aromatic N) is 1. The second kappa shape index (κ2) is 11.8. The van der Waals surface area contributed by atoms with Gasteiger partial charge in [-0.25, -0.2) is 4.39 Å². The summed E-state index contributed by atoms with van der Waals surface area (Å²) in [5.41, 5.74) is 0.641. The van der Waals surface area contributed by atoms with Crippen molar-refractivity contribution in [1.29, 1.82) is 0 Å². The van der Waals surface area contributed by atoms with Gasteiger partial charge in [0, 0.05) is 25.2 Å². The summed E-state index contributed by atoms with van der Waals surface area (Å²) < 4.78 is 53.9. The van der Waals surface area contributed by atoms with E-state index in [1.165, 1.54) is 24.1 Å². The summed E-state index contributed by atoms with van der Waals surface area (Å²) in [6.07, 6.45) is 0. The van der Waals surface area contributed by atoms with Gasteiger partial charge in [0.05, 0.1) is 6.61 Å². The topological polar surface area (TPSA) is 82.1 Å². The Morgan fingerprint density at radius 2 is 1.71 bits per heavy atom. The molecule has 7 nitrogen and oxygen atoms in total. The summed E-state index contributed by atoms with van der Waals surface area (Å²) in [7, 11) is -2.62. The van der Waals surface area contributed by atoms with Gasteiger partial charge in [-0.2, -0.15) is 8.42 Å². The molecule has 10 heteroatoms. The Balaban J connectivity index is 1.69. The lowest BCUT2D eigenvalue weighted by Gasteiger charge is -2.23. The van der Waals surface area contributed by atoms with E-state index in [0.717, 1.165) is 24.3 Å². The molecule has 0 aliphatic heterocycles. The van der Waals surface area contributed by atoms with Crippen LogP contribution in [-0.2, 0) is 26.2 Å². The Hall–Kier alpha value is -3.14. The smallest absolute Gasteiger partial charge is 0.339 e. The van der Waals surface area contributed by atoms with Gasteiger partial charge in [0.15, 0.2) is 6.61 Å². The predicted octanol–water partition coefficient (Wildman–Crippen LogP) is 4.30. The number of carbonyl (C=O) groups is 1. The minimum Gasteiger partial charge on any atom is -0.484 e. The summed E-state index contributed by atoms with van der Waals surface area (Å²) in [6.45, 7) is 0.598. The van der Waals surface area contributed by atoms with E-state index >= 15 is 0 Å². The summed E-state index contributed by atoms with van der Waals surface area (Å²) in [5.74, 6) is -0.261. The first-order chi connectivity index (χ1) is 16.3. The van der Waals surface area contributed by atoms with E-state index in [4.69, 9.17) is 25.3 Å². The number of rotatable bonds is 11. The molecule has 0 saturated heterocycles. The predicted molar refractivity (Wildman–Crippen MR) is 125 cm³/mol. The first-order valence-corrected chi connectivity index (χ1v) is 12.0. The van der Waals surface area contributed by atoms with Gasteiger partial charge < -0.3 is 18.6 Å². The zero-order valence-corrected chi connectivity index (χ0v) is 19.9. The fourth-order valence-corrected chi connectivity index (χ4v) is 4.00. The van der Waals surface area contributed by atoms with E-state index in [9.17, 15) is 17.6 Å². The van der Waals surface area contributed by atoms with Crippen molar-refractivity contribution in [2.75, 3.05) is 26.9 Å². The molecule has 1 amide bonds. The lowest BCUT2D eigenvalue weighted by molar-refractivity contribution is -0.134. The van der Waals surface area contributed by atoms with Crippen molar-refractivity contribution in [2.24, 2.45) is 0 Å². The first-order valence-electron chi connectivity index (χ1n) is 10.2. The molecule has 3 aromatic carbocycles. The van der Waals surface area contributed by atoms with Gasteiger partial charge in [-0.05, 0) is 66.2 Å². The van der Waals surface area contributed by atoms with Crippen LogP contribution in [0.3, 0.4) is 0 Å². The van der Waals surface area contributed by atoms with Gasteiger partial charge >= 0.3 is 10.1 Å². The molecule has 3 rings (SSSR count). The number of hydrogen-bond acceptors (Lipinski definition) is 6. The van der Waals surface area contributed by atoms with E-state index < -0.39 is 15.9 Å². The molecule has 0 unspecified atom stereocenters. The van der Waals surface area contributed by atoms with Crippen LogP contribution < -0.4 is 8.92 Å².